The molecule has 0 saturated carbocycles. The van der Waals surface area contributed by atoms with Crippen molar-refractivity contribution in [3.8, 4) is 0 Å². The summed E-state index contributed by atoms with van der Waals surface area (Å²) in [7, 11) is 0. The number of anilines is 1. The Kier molecular flexibility index (Phi) is 4.45. The number of carboxylic acid groups (broad SMARTS) is 1. The lowest BCUT2D eigenvalue weighted by Crippen LogP contribution is -2.41. The summed E-state index contributed by atoms with van der Waals surface area (Å²) < 4.78 is 0. The molecule has 1 atom stereocenters. The van der Waals surface area contributed by atoms with E-state index in [9.17, 15) is 19.8 Å². The number of ketones is 1. The molecule has 1 unspecified atom stereocenters. The third kappa shape index (κ3) is 3.34. The standard InChI is InChI=1S/C19H16N2O4/c22-14-10-11-17(21-20-13-6-2-1-3-7-13)19(25,12-14)16-9-5-4-8-15(16)18(23)24/h1-11,20,25H,12H2,(H,23,24). The minimum Gasteiger partial charge on any atom is -0.478 e. The molecule has 2 aromatic carbocycles. The molecule has 0 radical (unpaired) electrons. The van der Waals surface area contributed by atoms with E-state index >= 15 is 0 Å². The average Bonchev–Trinajstić information content (AvgIpc) is 2.62. The van der Waals surface area contributed by atoms with Crippen molar-refractivity contribution in [2.75, 3.05) is 5.43 Å². The maximum Gasteiger partial charge on any atom is 0.336 e. The highest BCUT2D eigenvalue weighted by Gasteiger charge is 2.41. The van der Waals surface area contributed by atoms with Crippen molar-refractivity contribution in [2.24, 2.45) is 5.10 Å². The number of nitrogens with one attached hydrogen (secondary N) is 1. The number of allylic oxidation sites excluding steroid dienone is 1. The van der Waals surface area contributed by atoms with Crippen molar-refractivity contribution < 1.29 is 19.8 Å². The molecule has 1 aliphatic rings. The lowest BCUT2D eigenvalue weighted by molar-refractivity contribution is -0.118. The van der Waals surface area contributed by atoms with E-state index < -0.39 is 11.6 Å². The lowest BCUT2D eigenvalue weighted by atomic mass is 9.79. The molecule has 3 N–H and O–H groups in total. The second-order valence-electron chi connectivity index (χ2n) is 5.66. The van der Waals surface area contributed by atoms with E-state index in [-0.39, 0.29) is 29.0 Å². The van der Waals surface area contributed by atoms with Crippen LogP contribution in [0.3, 0.4) is 0 Å². The molecule has 0 heterocycles. The van der Waals surface area contributed by atoms with Crippen LogP contribution in [-0.2, 0) is 10.4 Å². The number of hydrogen-bond acceptors (Lipinski definition) is 5. The number of carboxylic acids is 1. The summed E-state index contributed by atoms with van der Waals surface area (Å²) in [5.74, 6) is -1.48. The van der Waals surface area contributed by atoms with Crippen molar-refractivity contribution in [1.82, 2.24) is 0 Å². The van der Waals surface area contributed by atoms with Gasteiger partial charge >= 0.3 is 5.97 Å². The fourth-order valence-corrected chi connectivity index (χ4v) is 2.74. The quantitative estimate of drug-likeness (QED) is 0.745. The number of aromatic carboxylic acids is 1. The maximum absolute atomic E-state index is 11.9. The monoisotopic (exact) mass is 336 g/mol. The molecule has 2 aromatic rings. The largest absolute Gasteiger partial charge is 0.478 e. The van der Waals surface area contributed by atoms with Gasteiger partial charge in [0.05, 0.1) is 17.0 Å². The Morgan fingerprint density at radius 3 is 2.44 bits per heavy atom. The molecule has 0 amide bonds. The van der Waals surface area contributed by atoms with Crippen LogP contribution >= 0.6 is 0 Å². The highest BCUT2D eigenvalue weighted by molar-refractivity contribution is 6.13. The third-order valence-corrected chi connectivity index (χ3v) is 3.96. The van der Waals surface area contributed by atoms with Gasteiger partial charge in [-0.15, -0.1) is 0 Å². The van der Waals surface area contributed by atoms with Crippen LogP contribution in [-0.4, -0.2) is 27.7 Å². The molecule has 126 valence electrons. The maximum atomic E-state index is 11.9. The Hall–Kier alpha value is -3.25. The SMILES string of the molecule is O=C1C=CC(=NNc2ccccc2)C(O)(c2ccccc2C(=O)O)C1. The van der Waals surface area contributed by atoms with Gasteiger partial charge in [0.25, 0.3) is 0 Å². The van der Waals surface area contributed by atoms with Crippen molar-refractivity contribution in [3.63, 3.8) is 0 Å². The Morgan fingerprint density at radius 2 is 1.72 bits per heavy atom. The van der Waals surface area contributed by atoms with Crippen molar-refractivity contribution >= 4 is 23.2 Å². The van der Waals surface area contributed by atoms with Gasteiger partial charge in [-0.25, -0.2) is 4.79 Å². The zero-order chi connectivity index (χ0) is 17.9. The van der Waals surface area contributed by atoms with Crippen molar-refractivity contribution in [2.45, 2.75) is 12.0 Å². The van der Waals surface area contributed by atoms with Gasteiger partial charge < -0.3 is 10.2 Å². The van der Waals surface area contributed by atoms with E-state index in [2.05, 4.69) is 10.5 Å². The summed E-state index contributed by atoms with van der Waals surface area (Å²) in [5.41, 5.74) is 1.94. The van der Waals surface area contributed by atoms with Crippen LogP contribution in [0.4, 0.5) is 5.69 Å². The summed E-state index contributed by atoms with van der Waals surface area (Å²) in [6.07, 6.45) is 2.45. The molecule has 3 rings (SSSR count). The fraction of sp³-hybridized carbons (Fsp3) is 0.105. The van der Waals surface area contributed by atoms with Crippen LogP contribution in [0, 0.1) is 0 Å². The van der Waals surface area contributed by atoms with E-state index in [1.165, 1.54) is 24.3 Å². The number of carbonyl (C=O) groups excluding carboxylic acids is 1. The minimum absolute atomic E-state index is 0.0690. The number of hydrazone groups is 1. The highest BCUT2D eigenvalue weighted by atomic mass is 16.4. The van der Waals surface area contributed by atoms with Gasteiger partial charge in [-0.2, -0.15) is 5.10 Å². The van der Waals surface area contributed by atoms with E-state index in [0.717, 1.165) is 0 Å². The first-order chi connectivity index (χ1) is 12.0. The zero-order valence-corrected chi connectivity index (χ0v) is 13.2. The number of carbonyl (C=O) groups is 2. The predicted octanol–water partition coefficient (Wildman–Crippen LogP) is 2.57. The van der Waals surface area contributed by atoms with Gasteiger partial charge in [-0.3, -0.25) is 10.2 Å². The van der Waals surface area contributed by atoms with Gasteiger partial charge in [0.2, 0.25) is 0 Å². The molecule has 0 spiro atoms. The van der Waals surface area contributed by atoms with E-state index in [1.54, 1.807) is 24.3 Å². The van der Waals surface area contributed by atoms with Gasteiger partial charge in [-0.05, 0) is 30.4 Å². The van der Waals surface area contributed by atoms with E-state index in [1.807, 2.05) is 18.2 Å². The van der Waals surface area contributed by atoms with Crippen LogP contribution in [0.25, 0.3) is 0 Å². The third-order valence-electron chi connectivity index (χ3n) is 3.96. The molecule has 6 nitrogen and oxygen atoms in total. The fourth-order valence-electron chi connectivity index (χ4n) is 2.74. The molecular weight excluding hydrogens is 320 g/mol. The summed E-state index contributed by atoms with van der Waals surface area (Å²) in [6, 6.07) is 15.2. The number of benzene rings is 2. The van der Waals surface area contributed by atoms with Gasteiger partial charge in [0.1, 0.15) is 5.60 Å². The molecule has 0 aliphatic heterocycles. The Labute approximate surface area is 144 Å². The molecule has 25 heavy (non-hydrogen) atoms. The highest BCUT2D eigenvalue weighted by Crippen LogP contribution is 2.33. The van der Waals surface area contributed by atoms with Crippen LogP contribution < -0.4 is 5.43 Å². The first-order valence-corrected chi connectivity index (χ1v) is 7.66. The van der Waals surface area contributed by atoms with Gasteiger partial charge in [0, 0.05) is 12.0 Å². The Bertz CT molecular complexity index is 874. The number of para-hydroxylation sites is 1. The second kappa shape index (κ2) is 6.70. The average molecular weight is 336 g/mol. The van der Waals surface area contributed by atoms with Crippen LogP contribution in [0.1, 0.15) is 22.3 Å². The Balaban J connectivity index is 2.06. The number of nitrogens with zero attached hydrogens (tertiary/aromatic N) is 1. The zero-order valence-electron chi connectivity index (χ0n) is 13.2. The van der Waals surface area contributed by atoms with Crippen molar-refractivity contribution in [1.29, 1.82) is 0 Å². The normalized spacial score (nSPS) is 21.3. The number of aliphatic hydroxyl groups is 1. The van der Waals surface area contributed by atoms with E-state index in [4.69, 9.17) is 0 Å². The number of rotatable bonds is 4. The molecule has 0 bridgehead atoms. The molecular formula is C19H16N2O4. The van der Waals surface area contributed by atoms with Gasteiger partial charge in [0.15, 0.2) is 5.78 Å². The molecule has 1 aliphatic carbocycles. The minimum atomic E-state index is -1.82. The first-order valence-electron chi connectivity index (χ1n) is 7.66. The summed E-state index contributed by atoms with van der Waals surface area (Å²) in [5, 5.41) is 24.8. The van der Waals surface area contributed by atoms with Crippen LogP contribution in [0.2, 0.25) is 0 Å². The Morgan fingerprint density at radius 1 is 1.04 bits per heavy atom. The summed E-state index contributed by atoms with van der Waals surface area (Å²) in [4.78, 5) is 23.4. The topological polar surface area (TPSA) is 99.0 Å². The summed E-state index contributed by atoms with van der Waals surface area (Å²) >= 11 is 0. The predicted molar refractivity (Wildman–Crippen MR) is 93.6 cm³/mol. The van der Waals surface area contributed by atoms with Crippen LogP contribution in [0.15, 0.2) is 71.9 Å². The number of hydrogen-bond donors (Lipinski definition) is 3. The molecule has 0 fully saturated rings. The second-order valence-corrected chi connectivity index (χ2v) is 5.66. The van der Waals surface area contributed by atoms with Crippen molar-refractivity contribution in [3.05, 3.63) is 77.9 Å². The molecule has 0 saturated heterocycles. The van der Waals surface area contributed by atoms with Gasteiger partial charge in [-0.1, -0.05) is 36.4 Å². The van der Waals surface area contributed by atoms with Crippen LogP contribution in [0.5, 0.6) is 0 Å². The smallest absolute Gasteiger partial charge is 0.336 e. The molecule has 0 aromatic heterocycles. The molecule has 6 heteroatoms. The first kappa shape index (κ1) is 16.6. The lowest BCUT2D eigenvalue weighted by Gasteiger charge is -2.31. The summed E-state index contributed by atoms with van der Waals surface area (Å²) in [6.45, 7) is 0. The van der Waals surface area contributed by atoms with E-state index in [0.29, 0.717) is 5.69 Å².